The second kappa shape index (κ2) is 4.28. The first kappa shape index (κ1) is 12.0. The zero-order chi connectivity index (χ0) is 12.8. The number of fused-ring (bicyclic) bond motifs is 1. The van der Waals surface area contributed by atoms with Crippen molar-refractivity contribution >= 4 is 9.84 Å². The molecule has 98 valence electrons. The Labute approximate surface area is 107 Å². The molecule has 5 nitrogen and oxygen atoms in total. The van der Waals surface area contributed by atoms with Crippen molar-refractivity contribution in [2.24, 2.45) is 0 Å². The number of sulfone groups is 1. The summed E-state index contributed by atoms with van der Waals surface area (Å²) in [6.07, 6.45) is 1.60. The summed E-state index contributed by atoms with van der Waals surface area (Å²) in [5, 5.41) is 3.31. The molecule has 3 heterocycles. The zero-order valence-corrected chi connectivity index (χ0v) is 11.3. The largest absolute Gasteiger partial charge is 0.316 e. The van der Waals surface area contributed by atoms with E-state index >= 15 is 0 Å². The standard InChI is InChI=1S/C12H17N3O2S/c1-8-10-7-18(16,17)5-3-11(10)15-12(14-8)9-2-4-13-6-9/h9,13H,2-7H2,1H3. The Hall–Kier alpha value is -1.01. The van der Waals surface area contributed by atoms with E-state index < -0.39 is 9.84 Å². The minimum atomic E-state index is -2.94. The topological polar surface area (TPSA) is 72.0 Å². The molecule has 1 fully saturated rings. The molecule has 2 aliphatic rings. The van der Waals surface area contributed by atoms with Crippen molar-refractivity contribution in [2.45, 2.75) is 31.4 Å². The Balaban J connectivity index is 2.00. The van der Waals surface area contributed by atoms with E-state index in [4.69, 9.17) is 0 Å². The van der Waals surface area contributed by atoms with Crippen molar-refractivity contribution in [3.05, 3.63) is 22.8 Å². The lowest BCUT2D eigenvalue weighted by atomic mass is 10.1. The van der Waals surface area contributed by atoms with Crippen LogP contribution in [0, 0.1) is 6.92 Å². The lowest BCUT2D eigenvalue weighted by Crippen LogP contribution is -2.23. The number of nitrogens with one attached hydrogen (secondary N) is 1. The summed E-state index contributed by atoms with van der Waals surface area (Å²) in [5.41, 5.74) is 2.61. The molecule has 2 aliphatic heterocycles. The average molecular weight is 267 g/mol. The normalized spacial score (nSPS) is 25.9. The molecule has 1 aromatic rings. The van der Waals surface area contributed by atoms with Gasteiger partial charge in [0.05, 0.1) is 11.5 Å². The van der Waals surface area contributed by atoms with Crippen LogP contribution in [0.15, 0.2) is 0 Å². The van der Waals surface area contributed by atoms with Crippen molar-refractivity contribution in [2.75, 3.05) is 18.8 Å². The molecule has 18 heavy (non-hydrogen) atoms. The van der Waals surface area contributed by atoms with Crippen LogP contribution in [0.1, 0.15) is 35.1 Å². The van der Waals surface area contributed by atoms with Crippen LogP contribution in [-0.4, -0.2) is 37.2 Å². The first-order valence-corrected chi connectivity index (χ1v) is 8.15. The number of hydrogen-bond acceptors (Lipinski definition) is 5. The maximum absolute atomic E-state index is 11.6. The van der Waals surface area contributed by atoms with E-state index in [-0.39, 0.29) is 11.5 Å². The lowest BCUT2D eigenvalue weighted by Gasteiger charge is -2.19. The lowest BCUT2D eigenvalue weighted by molar-refractivity contribution is 0.588. The summed E-state index contributed by atoms with van der Waals surface area (Å²) >= 11 is 0. The van der Waals surface area contributed by atoms with Crippen molar-refractivity contribution in [3.8, 4) is 0 Å². The predicted molar refractivity (Wildman–Crippen MR) is 68.2 cm³/mol. The number of nitrogens with zero attached hydrogens (tertiary/aromatic N) is 2. The van der Waals surface area contributed by atoms with Gasteiger partial charge < -0.3 is 5.32 Å². The highest BCUT2D eigenvalue weighted by Crippen LogP contribution is 2.25. The Kier molecular flexibility index (Phi) is 2.86. The van der Waals surface area contributed by atoms with Gasteiger partial charge in [-0.1, -0.05) is 0 Å². The van der Waals surface area contributed by atoms with Gasteiger partial charge in [-0.2, -0.15) is 0 Å². The molecule has 1 aromatic heterocycles. The van der Waals surface area contributed by atoms with Crippen LogP contribution < -0.4 is 5.32 Å². The molecule has 0 bridgehead atoms. The van der Waals surface area contributed by atoms with Gasteiger partial charge in [0.2, 0.25) is 0 Å². The third-order valence-electron chi connectivity index (χ3n) is 3.76. The van der Waals surface area contributed by atoms with Gasteiger partial charge in [0.15, 0.2) is 9.84 Å². The highest BCUT2D eigenvalue weighted by molar-refractivity contribution is 7.90. The molecule has 0 spiro atoms. The molecule has 1 atom stereocenters. The highest BCUT2D eigenvalue weighted by atomic mass is 32.2. The highest BCUT2D eigenvalue weighted by Gasteiger charge is 2.27. The van der Waals surface area contributed by atoms with Crippen molar-refractivity contribution in [1.29, 1.82) is 0 Å². The van der Waals surface area contributed by atoms with Gasteiger partial charge in [-0.25, -0.2) is 18.4 Å². The first-order valence-electron chi connectivity index (χ1n) is 6.32. The molecule has 1 N–H and O–H groups in total. The van der Waals surface area contributed by atoms with E-state index in [1.165, 1.54) is 0 Å². The minimum Gasteiger partial charge on any atom is -0.316 e. The number of hydrogen-bond donors (Lipinski definition) is 1. The van der Waals surface area contributed by atoms with Crippen LogP contribution in [0.5, 0.6) is 0 Å². The molecule has 0 amide bonds. The maximum atomic E-state index is 11.6. The Morgan fingerprint density at radius 2 is 2.17 bits per heavy atom. The number of aromatic nitrogens is 2. The smallest absolute Gasteiger partial charge is 0.154 e. The van der Waals surface area contributed by atoms with Gasteiger partial charge in [-0.05, 0) is 19.9 Å². The van der Waals surface area contributed by atoms with Gasteiger partial charge in [-0.15, -0.1) is 0 Å². The van der Waals surface area contributed by atoms with Gasteiger partial charge in [0, 0.05) is 35.8 Å². The summed E-state index contributed by atoms with van der Waals surface area (Å²) in [7, 11) is -2.94. The van der Waals surface area contributed by atoms with E-state index in [0.717, 1.165) is 42.3 Å². The van der Waals surface area contributed by atoms with Gasteiger partial charge in [-0.3, -0.25) is 0 Å². The molecule has 3 rings (SSSR count). The molecular formula is C12H17N3O2S. The molecule has 0 aliphatic carbocycles. The van der Waals surface area contributed by atoms with Crippen LogP contribution in [0.2, 0.25) is 0 Å². The van der Waals surface area contributed by atoms with Crippen LogP contribution >= 0.6 is 0 Å². The third kappa shape index (κ3) is 2.14. The zero-order valence-electron chi connectivity index (χ0n) is 10.4. The first-order chi connectivity index (χ1) is 8.55. The predicted octanol–water partition coefficient (Wildman–Crippen LogP) is 0.333. The van der Waals surface area contributed by atoms with Gasteiger partial charge in [0.1, 0.15) is 5.82 Å². The van der Waals surface area contributed by atoms with Crippen molar-refractivity contribution in [1.82, 2.24) is 15.3 Å². The second-order valence-electron chi connectivity index (χ2n) is 5.12. The van der Waals surface area contributed by atoms with Crippen molar-refractivity contribution < 1.29 is 8.42 Å². The fraction of sp³-hybridized carbons (Fsp3) is 0.667. The van der Waals surface area contributed by atoms with Gasteiger partial charge in [0.25, 0.3) is 0 Å². The SMILES string of the molecule is Cc1nc(C2CCNC2)nc2c1CS(=O)(=O)CC2. The molecule has 0 radical (unpaired) electrons. The average Bonchev–Trinajstić information content (AvgIpc) is 2.83. The Morgan fingerprint density at radius 1 is 1.33 bits per heavy atom. The summed E-state index contributed by atoms with van der Waals surface area (Å²) in [6.45, 7) is 3.84. The molecule has 0 saturated carbocycles. The number of rotatable bonds is 1. The summed E-state index contributed by atoms with van der Waals surface area (Å²) in [4.78, 5) is 9.12. The van der Waals surface area contributed by atoms with E-state index in [9.17, 15) is 8.42 Å². The minimum absolute atomic E-state index is 0.108. The molecular weight excluding hydrogens is 250 g/mol. The van der Waals surface area contributed by atoms with Crippen LogP contribution in [-0.2, 0) is 22.0 Å². The van der Waals surface area contributed by atoms with Crippen LogP contribution in [0.3, 0.4) is 0 Å². The molecule has 1 saturated heterocycles. The van der Waals surface area contributed by atoms with Crippen LogP contribution in [0.4, 0.5) is 0 Å². The van der Waals surface area contributed by atoms with Crippen molar-refractivity contribution in [3.63, 3.8) is 0 Å². The fourth-order valence-corrected chi connectivity index (χ4v) is 4.14. The summed E-state index contributed by atoms with van der Waals surface area (Å²) < 4.78 is 23.3. The van der Waals surface area contributed by atoms with E-state index in [0.29, 0.717) is 12.3 Å². The third-order valence-corrected chi connectivity index (χ3v) is 5.31. The van der Waals surface area contributed by atoms with E-state index in [2.05, 4.69) is 15.3 Å². The maximum Gasteiger partial charge on any atom is 0.154 e. The van der Waals surface area contributed by atoms with E-state index in [1.807, 2.05) is 6.92 Å². The summed E-state index contributed by atoms with van der Waals surface area (Å²) in [6, 6.07) is 0. The van der Waals surface area contributed by atoms with E-state index in [1.54, 1.807) is 0 Å². The van der Waals surface area contributed by atoms with Crippen LogP contribution in [0.25, 0.3) is 0 Å². The monoisotopic (exact) mass is 267 g/mol. The van der Waals surface area contributed by atoms with Gasteiger partial charge >= 0.3 is 0 Å². The molecule has 0 aromatic carbocycles. The molecule has 6 heteroatoms. The Morgan fingerprint density at radius 3 is 2.89 bits per heavy atom. The summed E-state index contributed by atoms with van der Waals surface area (Å²) in [5.74, 6) is 1.60. The second-order valence-corrected chi connectivity index (χ2v) is 7.31. The fourth-order valence-electron chi connectivity index (χ4n) is 2.68. The number of aryl methyl sites for hydroxylation is 2. The quantitative estimate of drug-likeness (QED) is 0.794. The molecule has 1 unspecified atom stereocenters. The Bertz CT molecular complexity index is 577.